The van der Waals surface area contributed by atoms with Gasteiger partial charge in [0, 0.05) is 61.8 Å². The van der Waals surface area contributed by atoms with Gasteiger partial charge in [-0.3, -0.25) is 9.69 Å². The lowest BCUT2D eigenvalue weighted by Gasteiger charge is -2.34. The third-order valence-corrected chi connectivity index (χ3v) is 7.37. The highest BCUT2D eigenvalue weighted by atomic mass is 19.1. The molecule has 6 rings (SSSR count). The first kappa shape index (κ1) is 25.1. The minimum absolute atomic E-state index is 0.0494. The fraction of sp³-hybridized carbons (Fsp3) is 0.370. The second kappa shape index (κ2) is 10.5. The van der Waals surface area contributed by atoms with Crippen LogP contribution in [0.2, 0.25) is 0 Å². The van der Waals surface area contributed by atoms with Crippen LogP contribution in [0.5, 0.6) is 0 Å². The first-order valence-corrected chi connectivity index (χ1v) is 13.0. The Bertz CT molecular complexity index is 1520. The molecular weight excluding hydrogens is 501 g/mol. The molecule has 39 heavy (non-hydrogen) atoms. The standard InChI is InChI=1S/C27H30FN9O2/c1-3-35-6-8-36(9-7-35)15-18-13-29-23-11-21(18)32-24(12-25(38)39-2)37-16-31-20-5-4-17(10-22(20)37)26-19(28)14-30-27(33-23)34-26/h4-5,10-11,13-14,16,24,32H,3,6-9,12,15H2,1-2H3,(H,29,30,33,34). The van der Waals surface area contributed by atoms with Gasteiger partial charge in [0.25, 0.3) is 0 Å². The summed E-state index contributed by atoms with van der Waals surface area (Å²) in [5, 5.41) is 6.68. The highest BCUT2D eigenvalue weighted by Gasteiger charge is 2.23. The van der Waals surface area contributed by atoms with E-state index in [0.717, 1.165) is 55.7 Å². The van der Waals surface area contributed by atoms with Gasteiger partial charge in [-0.2, -0.15) is 0 Å². The van der Waals surface area contributed by atoms with E-state index < -0.39 is 12.0 Å². The van der Waals surface area contributed by atoms with Gasteiger partial charge in [0.05, 0.1) is 37.1 Å². The number of esters is 1. The molecule has 1 aromatic carbocycles. The van der Waals surface area contributed by atoms with Crippen LogP contribution >= 0.6 is 0 Å². The van der Waals surface area contributed by atoms with Gasteiger partial charge in [0.1, 0.15) is 17.7 Å². The second-order valence-corrected chi connectivity index (χ2v) is 9.75. The summed E-state index contributed by atoms with van der Waals surface area (Å²) < 4.78 is 21.8. The van der Waals surface area contributed by atoms with Crippen molar-refractivity contribution in [3.8, 4) is 11.3 Å². The number of methoxy groups -OCH3 is 1. The van der Waals surface area contributed by atoms with Gasteiger partial charge in [0.2, 0.25) is 5.95 Å². The molecule has 0 saturated carbocycles. The molecule has 1 unspecified atom stereocenters. The number of fused-ring (bicyclic) bond motifs is 6. The fourth-order valence-corrected chi connectivity index (χ4v) is 5.12. The fourth-order valence-electron chi connectivity index (χ4n) is 5.12. The van der Waals surface area contributed by atoms with E-state index in [1.54, 1.807) is 12.4 Å². The van der Waals surface area contributed by atoms with Gasteiger partial charge < -0.3 is 24.8 Å². The lowest BCUT2D eigenvalue weighted by Crippen LogP contribution is -2.45. The predicted molar refractivity (Wildman–Crippen MR) is 145 cm³/mol. The van der Waals surface area contributed by atoms with E-state index in [9.17, 15) is 9.18 Å². The van der Waals surface area contributed by atoms with Crippen molar-refractivity contribution in [2.75, 3.05) is 50.5 Å². The highest BCUT2D eigenvalue weighted by molar-refractivity contribution is 5.82. The summed E-state index contributed by atoms with van der Waals surface area (Å²) in [5.74, 6) is -0.194. The summed E-state index contributed by atoms with van der Waals surface area (Å²) >= 11 is 0. The summed E-state index contributed by atoms with van der Waals surface area (Å²) in [6.45, 7) is 7.88. The zero-order valence-corrected chi connectivity index (χ0v) is 21.9. The number of pyridine rings is 1. The lowest BCUT2D eigenvalue weighted by atomic mass is 10.1. The van der Waals surface area contributed by atoms with Crippen LogP contribution in [0, 0.1) is 5.82 Å². The van der Waals surface area contributed by atoms with Crippen LogP contribution in [0.1, 0.15) is 25.1 Å². The smallest absolute Gasteiger partial charge is 0.309 e. The summed E-state index contributed by atoms with van der Waals surface area (Å²) in [7, 11) is 1.37. The number of carbonyl (C=O) groups excluding carboxylic acids is 1. The summed E-state index contributed by atoms with van der Waals surface area (Å²) in [4.78, 5) is 35.1. The molecule has 0 spiro atoms. The number of carbonyl (C=O) groups is 1. The Morgan fingerprint density at radius 3 is 2.72 bits per heavy atom. The maximum absolute atomic E-state index is 14.9. The summed E-state index contributed by atoms with van der Waals surface area (Å²) in [5.41, 5.74) is 3.95. The van der Waals surface area contributed by atoms with Gasteiger partial charge in [-0.15, -0.1) is 0 Å². The monoisotopic (exact) mass is 531 g/mol. The minimum Gasteiger partial charge on any atom is -0.469 e. The Balaban J connectivity index is 1.46. The van der Waals surface area contributed by atoms with E-state index in [4.69, 9.17) is 4.74 Å². The molecule has 0 aliphatic carbocycles. The molecule has 0 radical (unpaired) electrons. The van der Waals surface area contributed by atoms with E-state index in [1.165, 1.54) is 7.11 Å². The zero-order chi connectivity index (χ0) is 26.9. The van der Waals surface area contributed by atoms with Crippen molar-refractivity contribution in [1.29, 1.82) is 0 Å². The number of piperazine rings is 1. The van der Waals surface area contributed by atoms with Crippen molar-refractivity contribution in [3.05, 3.63) is 54.4 Å². The molecule has 0 amide bonds. The Morgan fingerprint density at radius 1 is 1.10 bits per heavy atom. The predicted octanol–water partition coefficient (Wildman–Crippen LogP) is 3.40. The molecule has 2 aliphatic heterocycles. The number of nitrogens with zero attached hydrogens (tertiary/aromatic N) is 7. The van der Waals surface area contributed by atoms with Crippen LogP contribution < -0.4 is 10.6 Å². The van der Waals surface area contributed by atoms with Crippen LogP contribution in [0.25, 0.3) is 22.3 Å². The number of imidazole rings is 1. The van der Waals surface area contributed by atoms with E-state index in [2.05, 4.69) is 47.3 Å². The van der Waals surface area contributed by atoms with Crippen LogP contribution in [0.15, 0.2) is 43.0 Å². The van der Waals surface area contributed by atoms with E-state index in [-0.39, 0.29) is 24.0 Å². The Hall–Kier alpha value is -4.16. The van der Waals surface area contributed by atoms with Gasteiger partial charge in [0.15, 0.2) is 5.82 Å². The zero-order valence-electron chi connectivity index (χ0n) is 21.9. The summed E-state index contributed by atoms with van der Waals surface area (Å²) in [6, 6.07) is 7.28. The normalized spacial score (nSPS) is 17.6. The molecule has 2 aliphatic rings. The van der Waals surface area contributed by atoms with Crippen LogP contribution in [-0.4, -0.2) is 80.1 Å². The van der Waals surface area contributed by atoms with Crippen molar-refractivity contribution in [2.45, 2.75) is 26.1 Å². The van der Waals surface area contributed by atoms with Gasteiger partial charge in [-0.1, -0.05) is 13.0 Å². The van der Waals surface area contributed by atoms with E-state index in [0.29, 0.717) is 23.4 Å². The minimum atomic E-state index is -0.544. The van der Waals surface area contributed by atoms with Crippen molar-refractivity contribution >= 4 is 34.5 Å². The van der Waals surface area contributed by atoms with Crippen molar-refractivity contribution in [3.63, 3.8) is 0 Å². The molecule has 4 aromatic rings. The number of nitrogens with one attached hydrogen (secondary N) is 2. The number of likely N-dealkylation sites (N-methyl/N-ethyl adjacent to an activating group) is 1. The largest absolute Gasteiger partial charge is 0.469 e. The molecule has 5 heterocycles. The van der Waals surface area contributed by atoms with Gasteiger partial charge in [-0.25, -0.2) is 24.3 Å². The maximum Gasteiger partial charge on any atom is 0.309 e. The van der Waals surface area contributed by atoms with Crippen LogP contribution in [-0.2, 0) is 16.1 Å². The Morgan fingerprint density at radius 2 is 1.92 bits per heavy atom. The lowest BCUT2D eigenvalue weighted by molar-refractivity contribution is -0.141. The number of hydrogen-bond donors (Lipinski definition) is 2. The molecule has 1 saturated heterocycles. The number of rotatable bonds is 5. The molecule has 3 aromatic heterocycles. The van der Waals surface area contributed by atoms with E-state index in [1.807, 2.05) is 29.0 Å². The highest BCUT2D eigenvalue weighted by Crippen LogP contribution is 2.32. The first-order chi connectivity index (χ1) is 19.0. The number of halogens is 1. The third-order valence-electron chi connectivity index (χ3n) is 7.37. The molecule has 202 valence electrons. The van der Waals surface area contributed by atoms with Crippen molar-refractivity contribution < 1.29 is 13.9 Å². The summed E-state index contributed by atoms with van der Waals surface area (Å²) in [6.07, 6.45) is 4.17. The van der Waals surface area contributed by atoms with Crippen molar-refractivity contribution in [1.82, 2.24) is 34.3 Å². The molecule has 2 N–H and O–H groups in total. The quantitative estimate of drug-likeness (QED) is 0.372. The maximum atomic E-state index is 14.9. The van der Waals surface area contributed by atoms with E-state index >= 15 is 0 Å². The first-order valence-electron chi connectivity index (χ1n) is 13.0. The average Bonchev–Trinajstić information content (AvgIpc) is 3.38. The molecular formula is C27H30FN9O2. The SMILES string of the molecule is CCN1CCN(Cc2cnc3cc2NC(CC(=O)OC)n2cnc4ccc(cc42)-c2nc(ncc2F)N3)CC1. The molecule has 11 nitrogen and oxygen atoms in total. The second-order valence-electron chi connectivity index (χ2n) is 9.75. The number of hydrogen-bond acceptors (Lipinski definition) is 10. The number of anilines is 3. The number of ether oxygens (including phenoxy) is 1. The van der Waals surface area contributed by atoms with Gasteiger partial charge in [-0.05, 0) is 18.7 Å². The molecule has 6 bridgehead atoms. The third kappa shape index (κ3) is 5.12. The number of aromatic nitrogens is 5. The Kier molecular flexibility index (Phi) is 6.79. The van der Waals surface area contributed by atoms with Crippen LogP contribution in [0.3, 0.4) is 0 Å². The van der Waals surface area contributed by atoms with Crippen molar-refractivity contribution in [2.24, 2.45) is 0 Å². The molecule has 1 atom stereocenters. The number of benzene rings is 1. The van der Waals surface area contributed by atoms with Crippen LogP contribution in [0.4, 0.5) is 21.8 Å². The topological polar surface area (TPSA) is 113 Å². The molecule has 1 fully saturated rings. The van der Waals surface area contributed by atoms with Gasteiger partial charge >= 0.3 is 5.97 Å². The Labute approximate surface area is 225 Å². The average molecular weight is 532 g/mol. The molecule has 12 heteroatoms.